The molecule has 0 bridgehead atoms. The highest BCUT2D eigenvalue weighted by Crippen LogP contribution is 2.24. The van der Waals surface area contributed by atoms with Gasteiger partial charge < -0.3 is 19.7 Å². The van der Waals surface area contributed by atoms with Crippen LogP contribution in [0.4, 0.5) is 10.5 Å². The van der Waals surface area contributed by atoms with Crippen molar-refractivity contribution in [3.05, 3.63) is 91.0 Å². The Balaban J connectivity index is 1.19. The van der Waals surface area contributed by atoms with E-state index in [0.717, 1.165) is 24.3 Å². The van der Waals surface area contributed by atoms with Crippen LogP contribution in [-0.4, -0.2) is 46.7 Å². The number of benzene rings is 3. The second-order valence-electron chi connectivity index (χ2n) is 8.20. The molecule has 2 amide bonds. The third kappa shape index (κ3) is 4.04. The molecule has 1 N–H and O–H groups in total. The maximum absolute atomic E-state index is 12.9. The van der Waals surface area contributed by atoms with Gasteiger partial charge in [0.2, 0.25) is 0 Å². The van der Waals surface area contributed by atoms with Gasteiger partial charge in [-0.15, -0.1) is 0 Å². The molecule has 6 heteroatoms. The first-order chi connectivity index (χ1) is 15.7. The number of carbonyl (C=O) groups excluding carboxylic acids is 1. The summed E-state index contributed by atoms with van der Waals surface area (Å²) in [6.07, 6.45) is 5.51. The lowest BCUT2D eigenvalue weighted by Crippen LogP contribution is -2.52. The van der Waals surface area contributed by atoms with Crippen LogP contribution in [0.25, 0.3) is 16.5 Å². The number of amides is 2. The number of piperazine rings is 1. The van der Waals surface area contributed by atoms with Crippen LogP contribution in [0.15, 0.2) is 85.5 Å². The van der Waals surface area contributed by atoms with Gasteiger partial charge >= 0.3 is 6.03 Å². The Morgan fingerprint density at radius 2 is 1.62 bits per heavy atom. The van der Waals surface area contributed by atoms with Gasteiger partial charge in [0.05, 0.1) is 12.4 Å². The van der Waals surface area contributed by atoms with Crippen molar-refractivity contribution in [1.29, 1.82) is 0 Å². The molecule has 1 aliphatic rings. The predicted octanol–water partition coefficient (Wildman–Crippen LogP) is 4.62. The Morgan fingerprint density at radius 3 is 2.38 bits per heavy atom. The molecule has 162 valence electrons. The van der Waals surface area contributed by atoms with Crippen LogP contribution in [0.3, 0.4) is 0 Å². The minimum absolute atomic E-state index is 0.000500. The third-order valence-electron chi connectivity index (χ3n) is 6.21. The molecule has 4 aromatic rings. The molecule has 1 atom stereocenters. The number of anilines is 1. The number of nitrogens with zero attached hydrogens (tertiary/aromatic N) is 4. The average Bonchev–Trinajstić information content (AvgIpc) is 3.39. The average molecular weight is 426 g/mol. The molecule has 3 aromatic carbocycles. The van der Waals surface area contributed by atoms with Gasteiger partial charge in [-0.25, -0.2) is 9.78 Å². The first-order valence-electron chi connectivity index (χ1n) is 11.1. The number of rotatable bonds is 4. The fourth-order valence-corrected chi connectivity index (χ4v) is 4.40. The van der Waals surface area contributed by atoms with Gasteiger partial charge in [-0.2, -0.15) is 0 Å². The number of urea groups is 1. The van der Waals surface area contributed by atoms with E-state index in [0.29, 0.717) is 13.1 Å². The van der Waals surface area contributed by atoms with Crippen molar-refractivity contribution in [1.82, 2.24) is 19.8 Å². The number of hydrogen-bond acceptors (Lipinski definition) is 3. The minimum atomic E-state index is -0.0534. The van der Waals surface area contributed by atoms with Crippen molar-refractivity contribution in [3.8, 4) is 5.69 Å². The molecule has 1 saturated heterocycles. The van der Waals surface area contributed by atoms with Crippen LogP contribution in [0, 0.1) is 0 Å². The Kier molecular flexibility index (Phi) is 5.50. The largest absolute Gasteiger partial charge is 0.368 e. The van der Waals surface area contributed by atoms with Gasteiger partial charge in [0.15, 0.2) is 0 Å². The number of hydrogen-bond donors (Lipinski definition) is 1. The molecular weight excluding hydrogens is 398 g/mol. The van der Waals surface area contributed by atoms with Gasteiger partial charge in [0, 0.05) is 49.9 Å². The second-order valence-corrected chi connectivity index (χ2v) is 8.20. The van der Waals surface area contributed by atoms with Crippen molar-refractivity contribution in [2.45, 2.75) is 13.0 Å². The highest BCUT2D eigenvalue weighted by Gasteiger charge is 2.23. The lowest BCUT2D eigenvalue weighted by Gasteiger charge is -2.36. The van der Waals surface area contributed by atoms with Crippen LogP contribution in [0.2, 0.25) is 0 Å². The SMILES string of the molecule is C[C@H](NC(=O)N1CCN(c2ccc(-n3ccnc3)cc2)CC1)c1cccc2ccccc12. The number of nitrogens with one attached hydrogen (secondary N) is 1. The van der Waals surface area contributed by atoms with E-state index in [-0.39, 0.29) is 12.1 Å². The maximum atomic E-state index is 12.9. The molecule has 6 nitrogen and oxygen atoms in total. The Bertz CT molecular complexity index is 1190. The zero-order chi connectivity index (χ0) is 21.9. The molecule has 1 aromatic heterocycles. The molecule has 1 aliphatic heterocycles. The normalized spacial score (nSPS) is 15.0. The molecule has 32 heavy (non-hydrogen) atoms. The smallest absolute Gasteiger partial charge is 0.317 e. The van der Waals surface area contributed by atoms with Crippen LogP contribution in [-0.2, 0) is 0 Å². The highest BCUT2D eigenvalue weighted by atomic mass is 16.2. The number of aromatic nitrogens is 2. The van der Waals surface area contributed by atoms with E-state index in [2.05, 4.69) is 76.7 Å². The van der Waals surface area contributed by atoms with Crippen molar-refractivity contribution >= 4 is 22.5 Å². The van der Waals surface area contributed by atoms with E-state index in [1.807, 2.05) is 27.8 Å². The van der Waals surface area contributed by atoms with E-state index >= 15 is 0 Å². The predicted molar refractivity (Wildman–Crippen MR) is 128 cm³/mol. The topological polar surface area (TPSA) is 53.4 Å². The van der Waals surface area contributed by atoms with Crippen molar-refractivity contribution in [2.75, 3.05) is 31.1 Å². The van der Waals surface area contributed by atoms with E-state index in [9.17, 15) is 4.79 Å². The Labute approximate surface area is 188 Å². The fraction of sp³-hybridized carbons (Fsp3) is 0.231. The van der Waals surface area contributed by atoms with Crippen molar-refractivity contribution in [3.63, 3.8) is 0 Å². The molecule has 0 unspecified atom stereocenters. The molecule has 0 spiro atoms. The van der Waals surface area contributed by atoms with E-state index in [4.69, 9.17) is 0 Å². The Morgan fingerprint density at radius 1 is 0.906 bits per heavy atom. The number of fused-ring (bicyclic) bond motifs is 1. The monoisotopic (exact) mass is 425 g/mol. The summed E-state index contributed by atoms with van der Waals surface area (Å²) in [6, 6.07) is 23.0. The van der Waals surface area contributed by atoms with Crippen molar-refractivity contribution < 1.29 is 4.79 Å². The van der Waals surface area contributed by atoms with Crippen LogP contribution >= 0.6 is 0 Å². The molecule has 0 saturated carbocycles. The molecule has 2 heterocycles. The second kappa shape index (κ2) is 8.75. The lowest BCUT2D eigenvalue weighted by molar-refractivity contribution is 0.191. The molecule has 0 aliphatic carbocycles. The molecule has 1 fully saturated rings. The maximum Gasteiger partial charge on any atom is 0.317 e. The third-order valence-corrected chi connectivity index (χ3v) is 6.21. The summed E-state index contributed by atoms with van der Waals surface area (Å²) in [5, 5.41) is 5.58. The summed E-state index contributed by atoms with van der Waals surface area (Å²) in [5.41, 5.74) is 3.41. The minimum Gasteiger partial charge on any atom is -0.368 e. The van der Waals surface area contributed by atoms with E-state index in [1.54, 1.807) is 12.5 Å². The quantitative estimate of drug-likeness (QED) is 0.519. The summed E-state index contributed by atoms with van der Waals surface area (Å²) >= 11 is 0. The van der Waals surface area contributed by atoms with Crippen LogP contribution in [0.5, 0.6) is 0 Å². The van der Waals surface area contributed by atoms with Gasteiger partial charge in [-0.05, 0) is 47.5 Å². The zero-order valence-corrected chi connectivity index (χ0v) is 18.2. The lowest BCUT2D eigenvalue weighted by atomic mass is 10.00. The molecule has 0 radical (unpaired) electrons. The first-order valence-corrected chi connectivity index (χ1v) is 11.1. The van der Waals surface area contributed by atoms with Gasteiger partial charge in [0.1, 0.15) is 0 Å². The zero-order valence-electron chi connectivity index (χ0n) is 18.2. The number of imidazole rings is 1. The fourth-order valence-electron chi connectivity index (χ4n) is 4.40. The van der Waals surface area contributed by atoms with Gasteiger partial charge in [-0.1, -0.05) is 42.5 Å². The summed E-state index contributed by atoms with van der Waals surface area (Å²) in [5.74, 6) is 0. The van der Waals surface area contributed by atoms with Crippen LogP contribution in [0.1, 0.15) is 18.5 Å². The van der Waals surface area contributed by atoms with E-state index < -0.39 is 0 Å². The molecule has 5 rings (SSSR count). The molecular formula is C26H27N5O. The number of carbonyl (C=O) groups is 1. The summed E-state index contributed by atoms with van der Waals surface area (Å²) in [7, 11) is 0. The van der Waals surface area contributed by atoms with Crippen molar-refractivity contribution in [2.24, 2.45) is 0 Å². The summed E-state index contributed by atoms with van der Waals surface area (Å²) in [4.78, 5) is 21.3. The first kappa shape index (κ1) is 20.1. The van der Waals surface area contributed by atoms with E-state index in [1.165, 1.54) is 16.5 Å². The van der Waals surface area contributed by atoms with Crippen LogP contribution < -0.4 is 10.2 Å². The highest BCUT2D eigenvalue weighted by molar-refractivity contribution is 5.86. The standard InChI is InChI=1S/C26H27N5O/c1-20(24-8-4-6-21-5-2-3-7-25(21)24)28-26(32)30-17-15-29(16-18-30)22-9-11-23(12-10-22)31-14-13-27-19-31/h2-14,19-20H,15-18H2,1H3,(H,28,32)/t20-/m0/s1. The Hall–Kier alpha value is -3.80. The van der Waals surface area contributed by atoms with Gasteiger partial charge in [0.25, 0.3) is 0 Å². The van der Waals surface area contributed by atoms with Gasteiger partial charge in [-0.3, -0.25) is 0 Å². The summed E-state index contributed by atoms with van der Waals surface area (Å²) in [6.45, 7) is 5.10. The summed E-state index contributed by atoms with van der Waals surface area (Å²) < 4.78 is 1.99.